The second-order valence-electron chi connectivity index (χ2n) is 5.93. The van der Waals surface area contributed by atoms with Crippen LogP contribution in [-0.2, 0) is 6.54 Å². The predicted octanol–water partition coefficient (Wildman–Crippen LogP) is 4.04. The van der Waals surface area contributed by atoms with Gasteiger partial charge in [0, 0.05) is 28.7 Å². The average molecular weight is 375 g/mol. The first-order valence-electron chi connectivity index (χ1n) is 8.12. The zero-order chi connectivity index (χ0) is 16.1. The van der Waals surface area contributed by atoms with Gasteiger partial charge in [0.25, 0.3) is 0 Å². The first-order valence-corrected chi connectivity index (χ1v) is 8.91. The van der Waals surface area contributed by atoms with Crippen LogP contribution in [0.3, 0.4) is 0 Å². The summed E-state index contributed by atoms with van der Waals surface area (Å²) in [5.74, 6) is 0.931. The molecule has 0 aromatic heterocycles. The molecule has 3 nitrogen and oxygen atoms in total. The smallest absolute Gasteiger partial charge is 0.123 e. The molecular weight excluding hydrogens is 352 g/mol. The number of ether oxygens (including phenoxy) is 1. The van der Waals surface area contributed by atoms with Crippen LogP contribution >= 0.6 is 15.9 Å². The Kier molecular flexibility index (Phi) is 5.70. The van der Waals surface area contributed by atoms with Crippen molar-refractivity contribution in [2.45, 2.75) is 31.5 Å². The lowest BCUT2D eigenvalue weighted by molar-refractivity contribution is 0.303. The van der Waals surface area contributed by atoms with E-state index in [2.05, 4.69) is 63.0 Å². The monoisotopic (exact) mass is 374 g/mol. The lowest BCUT2D eigenvalue weighted by atomic mass is 9.92. The van der Waals surface area contributed by atoms with E-state index in [4.69, 9.17) is 4.74 Å². The minimum Gasteiger partial charge on any atom is -0.496 e. The molecule has 3 rings (SSSR count). The Morgan fingerprint density at radius 3 is 2.83 bits per heavy atom. The largest absolute Gasteiger partial charge is 0.496 e. The van der Waals surface area contributed by atoms with Crippen molar-refractivity contribution in [2.75, 3.05) is 13.7 Å². The number of hydrogen-bond donors (Lipinski definition) is 2. The van der Waals surface area contributed by atoms with Gasteiger partial charge in [0.15, 0.2) is 0 Å². The second kappa shape index (κ2) is 7.95. The Hall–Kier alpha value is -1.36. The number of halogens is 1. The molecule has 0 saturated carbocycles. The summed E-state index contributed by atoms with van der Waals surface area (Å²) in [6, 6.07) is 17.6. The normalized spacial score (nSPS) is 21.1. The number of nitrogens with one attached hydrogen (secondary N) is 2. The SMILES string of the molecule is COc1ccc(Br)cc1CNC1CCCNC1c1ccccc1. The van der Waals surface area contributed by atoms with Crippen LogP contribution in [0.1, 0.15) is 30.0 Å². The van der Waals surface area contributed by atoms with Crippen molar-refractivity contribution in [3.63, 3.8) is 0 Å². The van der Waals surface area contributed by atoms with Gasteiger partial charge >= 0.3 is 0 Å². The number of benzene rings is 2. The van der Waals surface area contributed by atoms with Crippen LogP contribution in [0.2, 0.25) is 0 Å². The van der Waals surface area contributed by atoms with Crippen molar-refractivity contribution in [3.8, 4) is 5.75 Å². The maximum atomic E-state index is 5.48. The standard InChI is InChI=1S/C19H23BrN2O/c1-23-18-10-9-16(20)12-15(18)13-22-17-8-5-11-21-19(17)14-6-3-2-4-7-14/h2-4,6-7,9-10,12,17,19,21-22H,5,8,11,13H2,1H3. The zero-order valence-corrected chi connectivity index (χ0v) is 15.0. The van der Waals surface area contributed by atoms with Crippen molar-refractivity contribution >= 4 is 15.9 Å². The molecule has 0 aliphatic carbocycles. The molecule has 122 valence electrons. The molecule has 1 aliphatic rings. The molecule has 2 aromatic carbocycles. The van der Waals surface area contributed by atoms with Gasteiger partial charge in [0.05, 0.1) is 7.11 Å². The number of piperidine rings is 1. The third kappa shape index (κ3) is 4.14. The van der Waals surface area contributed by atoms with Crippen molar-refractivity contribution < 1.29 is 4.74 Å². The summed E-state index contributed by atoms with van der Waals surface area (Å²) in [6.45, 7) is 1.89. The van der Waals surface area contributed by atoms with E-state index in [0.717, 1.165) is 23.3 Å². The van der Waals surface area contributed by atoms with E-state index >= 15 is 0 Å². The van der Waals surface area contributed by atoms with Crippen molar-refractivity contribution in [2.24, 2.45) is 0 Å². The molecule has 2 N–H and O–H groups in total. The molecule has 4 heteroatoms. The van der Waals surface area contributed by atoms with Crippen LogP contribution < -0.4 is 15.4 Å². The first kappa shape index (κ1) is 16.5. The minimum atomic E-state index is 0.364. The molecule has 1 saturated heterocycles. The molecule has 2 atom stereocenters. The van der Waals surface area contributed by atoms with Gasteiger partial charge in [-0.2, -0.15) is 0 Å². The fourth-order valence-corrected chi connectivity index (χ4v) is 3.65. The highest BCUT2D eigenvalue weighted by atomic mass is 79.9. The summed E-state index contributed by atoms with van der Waals surface area (Å²) in [6.07, 6.45) is 2.39. The lowest BCUT2D eigenvalue weighted by Gasteiger charge is -2.34. The van der Waals surface area contributed by atoms with Crippen molar-refractivity contribution in [3.05, 3.63) is 64.1 Å². The topological polar surface area (TPSA) is 33.3 Å². The molecule has 0 radical (unpaired) electrons. The van der Waals surface area contributed by atoms with Gasteiger partial charge in [-0.05, 0) is 43.1 Å². The average Bonchev–Trinajstić information content (AvgIpc) is 2.61. The van der Waals surface area contributed by atoms with E-state index in [1.807, 2.05) is 12.1 Å². The quantitative estimate of drug-likeness (QED) is 0.828. The van der Waals surface area contributed by atoms with Crippen LogP contribution in [0.25, 0.3) is 0 Å². The van der Waals surface area contributed by atoms with Crippen LogP contribution in [0.4, 0.5) is 0 Å². The summed E-state index contributed by atoms with van der Waals surface area (Å²) < 4.78 is 6.56. The molecule has 0 spiro atoms. The maximum absolute atomic E-state index is 5.48. The number of hydrogen-bond acceptors (Lipinski definition) is 3. The van der Waals surface area contributed by atoms with Crippen molar-refractivity contribution in [1.29, 1.82) is 0 Å². The van der Waals surface area contributed by atoms with Gasteiger partial charge in [0.1, 0.15) is 5.75 Å². The maximum Gasteiger partial charge on any atom is 0.123 e. The third-order valence-electron chi connectivity index (χ3n) is 4.41. The van der Waals surface area contributed by atoms with E-state index in [-0.39, 0.29) is 0 Å². The highest BCUT2D eigenvalue weighted by molar-refractivity contribution is 9.10. The molecule has 23 heavy (non-hydrogen) atoms. The van der Waals surface area contributed by atoms with E-state index < -0.39 is 0 Å². The summed E-state index contributed by atoms with van der Waals surface area (Å²) in [5, 5.41) is 7.38. The molecule has 1 fully saturated rings. The Morgan fingerprint density at radius 2 is 2.04 bits per heavy atom. The van der Waals surface area contributed by atoms with Crippen LogP contribution in [0.15, 0.2) is 53.0 Å². The van der Waals surface area contributed by atoms with Gasteiger partial charge in [-0.1, -0.05) is 46.3 Å². The summed E-state index contributed by atoms with van der Waals surface area (Å²) in [7, 11) is 1.72. The molecule has 2 aromatic rings. The number of rotatable bonds is 5. The van der Waals surface area contributed by atoms with Gasteiger partial charge in [-0.3, -0.25) is 0 Å². The summed E-state index contributed by atoms with van der Waals surface area (Å²) in [5.41, 5.74) is 2.53. The lowest BCUT2D eigenvalue weighted by Crippen LogP contribution is -2.45. The Morgan fingerprint density at radius 1 is 1.22 bits per heavy atom. The van der Waals surface area contributed by atoms with Gasteiger partial charge in [0.2, 0.25) is 0 Å². The minimum absolute atomic E-state index is 0.364. The van der Waals surface area contributed by atoms with Crippen LogP contribution in [-0.4, -0.2) is 19.7 Å². The highest BCUT2D eigenvalue weighted by Gasteiger charge is 2.25. The molecular formula is C19H23BrN2O. The number of methoxy groups -OCH3 is 1. The molecule has 0 amide bonds. The molecule has 1 aliphatic heterocycles. The third-order valence-corrected chi connectivity index (χ3v) is 4.91. The van der Waals surface area contributed by atoms with Crippen molar-refractivity contribution in [1.82, 2.24) is 10.6 Å². The van der Waals surface area contributed by atoms with E-state index in [9.17, 15) is 0 Å². The van der Waals surface area contributed by atoms with Gasteiger partial charge < -0.3 is 15.4 Å². The Bertz CT molecular complexity index is 633. The fourth-order valence-electron chi connectivity index (χ4n) is 3.25. The van der Waals surface area contributed by atoms with E-state index in [0.29, 0.717) is 12.1 Å². The molecule has 1 heterocycles. The summed E-state index contributed by atoms with van der Waals surface area (Å²) >= 11 is 3.54. The van der Waals surface area contributed by atoms with Gasteiger partial charge in [-0.15, -0.1) is 0 Å². The van der Waals surface area contributed by atoms with Crippen LogP contribution in [0.5, 0.6) is 5.75 Å². The van der Waals surface area contributed by atoms with E-state index in [1.165, 1.54) is 24.0 Å². The van der Waals surface area contributed by atoms with Crippen LogP contribution in [0, 0.1) is 0 Å². The molecule has 0 bridgehead atoms. The van der Waals surface area contributed by atoms with Gasteiger partial charge in [-0.25, -0.2) is 0 Å². The highest BCUT2D eigenvalue weighted by Crippen LogP contribution is 2.26. The summed E-state index contributed by atoms with van der Waals surface area (Å²) in [4.78, 5) is 0. The first-order chi connectivity index (χ1) is 11.3. The Balaban J connectivity index is 1.72. The zero-order valence-electron chi connectivity index (χ0n) is 13.4. The Labute approximate surface area is 146 Å². The predicted molar refractivity (Wildman–Crippen MR) is 97.7 cm³/mol. The molecule has 2 unspecified atom stereocenters. The fraction of sp³-hybridized carbons (Fsp3) is 0.368. The van der Waals surface area contributed by atoms with E-state index in [1.54, 1.807) is 7.11 Å². The second-order valence-corrected chi connectivity index (χ2v) is 6.84.